The van der Waals surface area contributed by atoms with E-state index in [1.165, 1.54) is 6.92 Å². The molecule has 0 fully saturated rings. The molecule has 4 nitrogen and oxygen atoms in total. The molecule has 0 aliphatic carbocycles. The van der Waals surface area contributed by atoms with Gasteiger partial charge in [-0.2, -0.15) is 0 Å². The molecule has 5 heteroatoms. The van der Waals surface area contributed by atoms with E-state index in [1.807, 2.05) is 0 Å². The largest absolute Gasteiger partial charge is 0.468 e. The molecule has 1 atom stereocenters. The number of ether oxygens (including phenoxy) is 1. The summed E-state index contributed by atoms with van der Waals surface area (Å²) in [7, 11) is -2.13. The number of rotatable bonds is 2. The van der Waals surface area contributed by atoms with Gasteiger partial charge in [-0.05, 0) is 6.92 Å². The fourth-order valence-corrected chi connectivity index (χ4v) is 0.787. The summed E-state index contributed by atoms with van der Waals surface area (Å²) in [6, 6.07) is 0. The Balaban J connectivity index is 4.39. The summed E-state index contributed by atoms with van der Waals surface area (Å²) in [6.45, 7) is 1.29. The quantitative estimate of drug-likeness (QED) is 0.523. The molecule has 0 heterocycles. The summed E-state index contributed by atoms with van der Waals surface area (Å²) in [6.07, 6.45) is 0.995. The molecule has 0 aliphatic heterocycles. The van der Waals surface area contributed by atoms with Gasteiger partial charge in [-0.25, -0.2) is 8.42 Å². The zero-order valence-corrected chi connectivity index (χ0v) is 6.94. The van der Waals surface area contributed by atoms with Crippen molar-refractivity contribution >= 4 is 15.8 Å². The first-order valence-corrected chi connectivity index (χ1v) is 4.61. The highest BCUT2D eigenvalue weighted by Crippen LogP contribution is 1.98. The van der Waals surface area contributed by atoms with E-state index in [4.69, 9.17) is 0 Å². The topological polar surface area (TPSA) is 60.4 Å². The van der Waals surface area contributed by atoms with Crippen LogP contribution in [-0.4, -0.2) is 33.0 Å². The van der Waals surface area contributed by atoms with E-state index in [-0.39, 0.29) is 0 Å². The Labute approximate surface area is 60.1 Å². The molecular weight excluding hydrogens is 156 g/mol. The molecule has 0 rings (SSSR count). The van der Waals surface area contributed by atoms with E-state index < -0.39 is 21.1 Å². The third kappa shape index (κ3) is 2.34. The minimum Gasteiger partial charge on any atom is -0.468 e. The van der Waals surface area contributed by atoms with E-state index in [1.54, 1.807) is 0 Å². The van der Waals surface area contributed by atoms with Crippen LogP contribution in [0.4, 0.5) is 0 Å². The van der Waals surface area contributed by atoms with Crippen LogP contribution in [0.25, 0.3) is 0 Å². The predicted octanol–water partition coefficient (Wildman–Crippen LogP) is -0.408. The smallest absolute Gasteiger partial charge is 0.323 e. The van der Waals surface area contributed by atoms with Gasteiger partial charge in [-0.3, -0.25) is 4.79 Å². The van der Waals surface area contributed by atoms with Crippen molar-refractivity contribution in [2.45, 2.75) is 12.2 Å². The number of hydrogen-bond donors (Lipinski definition) is 0. The molecule has 0 aromatic rings. The zero-order valence-electron chi connectivity index (χ0n) is 6.12. The molecule has 1 unspecified atom stereocenters. The van der Waals surface area contributed by atoms with Gasteiger partial charge in [0.05, 0.1) is 7.11 Å². The number of sulfone groups is 1. The molecule has 0 spiro atoms. The Hall–Kier alpha value is -0.580. The van der Waals surface area contributed by atoms with Gasteiger partial charge < -0.3 is 4.74 Å². The van der Waals surface area contributed by atoms with Gasteiger partial charge in [0.1, 0.15) is 0 Å². The Morgan fingerprint density at radius 1 is 1.50 bits per heavy atom. The predicted molar refractivity (Wildman–Crippen MR) is 36.3 cm³/mol. The van der Waals surface area contributed by atoms with Gasteiger partial charge in [0.25, 0.3) is 0 Å². The Kier molecular flexibility index (Phi) is 2.83. The molecule has 0 saturated heterocycles. The average Bonchev–Trinajstić information content (AvgIpc) is 1.83. The van der Waals surface area contributed by atoms with Crippen LogP contribution in [0.5, 0.6) is 0 Å². The van der Waals surface area contributed by atoms with E-state index in [9.17, 15) is 13.2 Å². The molecule has 0 radical (unpaired) electrons. The number of methoxy groups -OCH3 is 1. The first-order chi connectivity index (χ1) is 4.39. The maximum atomic E-state index is 10.6. The van der Waals surface area contributed by atoms with Crippen LogP contribution in [0.3, 0.4) is 0 Å². The Morgan fingerprint density at radius 2 is 1.90 bits per heavy atom. The molecule has 0 amide bonds. The average molecular weight is 166 g/mol. The van der Waals surface area contributed by atoms with Crippen molar-refractivity contribution in [3.63, 3.8) is 0 Å². The molecule has 0 saturated carbocycles. The third-order valence-electron chi connectivity index (χ3n) is 1.18. The van der Waals surface area contributed by atoms with E-state index >= 15 is 0 Å². The summed E-state index contributed by atoms with van der Waals surface area (Å²) in [4.78, 5) is 10.6. The normalized spacial score (nSPS) is 14.3. The number of carbonyl (C=O) groups excluding carboxylic acids is 1. The standard InChI is InChI=1S/C5H10O4S/c1-4(5(6)9-2)10(3,7)8/h4H,1-3H3. The maximum Gasteiger partial charge on any atom is 0.323 e. The summed E-state index contributed by atoms with van der Waals surface area (Å²) >= 11 is 0. The highest BCUT2D eigenvalue weighted by atomic mass is 32.2. The first kappa shape index (κ1) is 9.42. The van der Waals surface area contributed by atoms with Crippen molar-refractivity contribution in [3.8, 4) is 0 Å². The summed E-state index contributed by atoms with van der Waals surface area (Å²) in [5, 5.41) is -1.06. The van der Waals surface area contributed by atoms with E-state index in [0.29, 0.717) is 0 Å². The highest BCUT2D eigenvalue weighted by molar-refractivity contribution is 7.92. The molecule has 0 aromatic carbocycles. The van der Waals surface area contributed by atoms with E-state index in [0.717, 1.165) is 13.4 Å². The lowest BCUT2D eigenvalue weighted by molar-refractivity contribution is -0.139. The van der Waals surface area contributed by atoms with Crippen molar-refractivity contribution in [3.05, 3.63) is 0 Å². The van der Waals surface area contributed by atoms with Crippen molar-refractivity contribution in [1.82, 2.24) is 0 Å². The van der Waals surface area contributed by atoms with E-state index in [2.05, 4.69) is 4.74 Å². The lowest BCUT2D eigenvalue weighted by Crippen LogP contribution is -2.27. The molecule has 0 aliphatic rings. The maximum absolute atomic E-state index is 10.6. The number of hydrogen-bond acceptors (Lipinski definition) is 4. The molecule has 60 valence electrons. The summed E-state index contributed by atoms with van der Waals surface area (Å²) in [5.41, 5.74) is 0. The Bertz CT molecular complexity index is 216. The van der Waals surface area contributed by atoms with Crippen molar-refractivity contribution < 1.29 is 17.9 Å². The van der Waals surface area contributed by atoms with Gasteiger partial charge in [-0.1, -0.05) is 0 Å². The monoisotopic (exact) mass is 166 g/mol. The SMILES string of the molecule is COC(=O)C(C)S(C)(=O)=O. The minimum atomic E-state index is -3.29. The van der Waals surface area contributed by atoms with Crippen LogP contribution in [0.1, 0.15) is 6.92 Å². The molecule has 0 N–H and O–H groups in total. The number of esters is 1. The van der Waals surface area contributed by atoms with Crippen LogP contribution in [0.15, 0.2) is 0 Å². The second-order valence-electron chi connectivity index (χ2n) is 1.99. The van der Waals surface area contributed by atoms with Crippen LogP contribution in [-0.2, 0) is 19.4 Å². The fraction of sp³-hybridized carbons (Fsp3) is 0.800. The molecule has 0 aromatic heterocycles. The van der Waals surface area contributed by atoms with Crippen molar-refractivity contribution in [1.29, 1.82) is 0 Å². The molecule has 0 bridgehead atoms. The van der Waals surface area contributed by atoms with Crippen LogP contribution in [0, 0.1) is 0 Å². The zero-order chi connectivity index (χ0) is 8.36. The van der Waals surface area contributed by atoms with Gasteiger partial charge >= 0.3 is 5.97 Å². The fourth-order valence-electron chi connectivity index (χ4n) is 0.341. The Morgan fingerprint density at radius 3 is 2.00 bits per heavy atom. The van der Waals surface area contributed by atoms with Gasteiger partial charge in [0, 0.05) is 6.26 Å². The van der Waals surface area contributed by atoms with Crippen LogP contribution < -0.4 is 0 Å². The van der Waals surface area contributed by atoms with Crippen LogP contribution >= 0.6 is 0 Å². The molecular formula is C5H10O4S. The minimum absolute atomic E-state index is 0.720. The third-order valence-corrected chi connectivity index (χ3v) is 2.65. The van der Waals surface area contributed by atoms with Crippen molar-refractivity contribution in [2.24, 2.45) is 0 Å². The van der Waals surface area contributed by atoms with Crippen molar-refractivity contribution in [2.75, 3.05) is 13.4 Å². The molecule has 10 heavy (non-hydrogen) atoms. The number of carbonyl (C=O) groups is 1. The highest BCUT2D eigenvalue weighted by Gasteiger charge is 2.23. The lowest BCUT2D eigenvalue weighted by Gasteiger charge is -2.04. The first-order valence-electron chi connectivity index (χ1n) is 2.66. The van der Waals surface area contributed by atoms with Gasteiger partial charge in [-0.15, -0.1) is 0 Å². The van der Waals surface area contributed by atoms with Gasteiger partial charge in [0.15, 0.2) is 15.1 Å². The summed E-state index contributed by atoms with van der Waals surface area (Å²) in [5.74, 6) is -0.720. The summed E-state index contributed by atoms with van der Waals surface area (Å²) < 4.78 is 25.5. The lowest BCUT2D eigenvalue weighted by atomic mass is 10.5. The van der Waals surface area contributed by atoms with Gasteiger partial charge in [0.2, 0.25) is 0 Å². The second-order valence-corrected chi connectivity index (χ2v) is 4.36. The van der Waals surface area contributed by atoms with Crippen LogP contribution in [0.2, 0.25) is 0 Å². The second kappa shape index (κ2) is 3.01.